The van der Waals surface area contributed by atoms with Gasteiger partial charge in [0.2, 0.25) is 15.0 Å². The number of aryl methyl sites for hydroxylation is 1. The summed E-state index contributed by atoms with van der Waals surface area (Å²) in [6.07, 6.45) is 4.77. The molecule has 4 rings (SSSR count). The number of ether oxygens (including phenoxy) is 1. The lowest BCUT2D eigenvalue weighted by Gasteiger charge is -2.07. The minimum atomic E-state index is -3.77. The van der Waals surface area contributed by atoms with Gasteiger partial charge in [-0.25, -0.2) is 18.4 Å². The molecule has 3 aromatic heterocycles. The van der Waals surface area contributed by atoms with E-state index in [-0.39, 0.29) is 10.9 Å². The van der Waals surface area contributed by atoms with Crippen LogP contribution < -0.4 is 4.74 Å². The third-order valence-corrected chi connectivity index (χ3v) is 5.56. The summed E-state index contributed by atoms with van der Waals surface area (Å²) in [6.45, 7) is 0. The third kappa shape index (κ3) is 3.14. The van der Waals surface area contributed by atoms with Crippen LogP contribution in [-0.4, -0.2) is 45.2 Å². The van der Waals surface area contributed by atoms with Crippen molar-refractivity contribution in [3.63, 3.8) is 0 Å². The quantitative estimate of drug-likeness (QED) is 0.521. The number of nitrogens with zero attached hydrogens (tertiary/aromatic N) is 5. The summed E-state index contributed by atoms with van der Waals surface area (Å²) in [7, 11) is -0.460. The Bertz CT molecular complexity index is 1200. The highest BCUT2D eigenvalue weighted by Gasteiger charge is 2.24. The van der Waals surface area contributed by atoms with Gasteiger partial charge in [-0.2, -0.15) is 10.1 Å². The molecule has 3 heterocycles. The van der Waals surface area contributed by atoms with Gasteiger partial charge in [0.25, 0.3) is 0 Å². The number of hydrogen-bond donors (Lipinski definition) is 1. The van der Waals surface area contributed by atoms with Crippen molar-refractivity contribution >= 4 is 21.0 Å². The Morgan fingerprint density at radius 1 is 1.19 bits per heavy atom. The summed E-state index contributed by atoms with van der Waals surface area (Å²) in [5.74, 6) is 0.441. The number of hydrogen-bond acceptors (Lipinski definition) is 7. The van der Waals surface area contributed by atoms with E-state index < -0.39 is 9.84 Å². The number of H-pyrrole nitrogens is 1. The molecule has 0 aliphatic rings. The predicted molar refractivity (Wildman–Crippen MR) is 97.8 cm³/mol. The molecule has 0 fully saturated rings. The number of benzene rings is 1. The van der Waals surface area contributed by atoms with Gasteiger partial charge >= 0.3 is 0 Å². The van der Waals surface area contributed by atoms with Crippen LogP contribution in [0.1, 0.15) is 5.56 Å². The molecule has 0 saturated heterocycles. The van der Waals surface area contributed by atoms with Crippen LogP contribution >= 0.6 is 0 Å². The van der Waals surface area contributed by atoms with E-state index in [1.54, 1.807) is 61.7 Å². The molecule has 0 aliphatic carbocycles. The van der Waals surface area contributed by atoms with Crippen LogP contribution in [0.5, 0.6) is 5.75 Å². The zero-order valence-corrected chi connectivity index (χ0v) is 15.4. The first-order valence-electron chi connectivity index (χ1n) is 8.02. The molecule has 10 heteroatoms. The van der Waals surface area contributed by atoms with Crippen LogP contribution in [0, 0.1) is 0 Å². The molecular weight excluding hydrogens is 368 g/mol. The monoisotopic (exact) mass is 384 g/mol. The van der Waals surface area contributed by atoms with E-state index in [4.69, 9.17) is 4.74 Å². The molecular formula is C17H16N6O3S. The molecule has 27 heavy (non-hydrogen) atoms. The maximum Gasteiger partial charge on any atom is 0.250 e. The predicted octanol–water partition coefficient (Wildman–Crippen LogP) is 1.74. The SMILES string of the molecule is COc1ccc(CS(=O)(=O)c2nc(-c3cn[nH]c3)c3ncn(C)c3n2)cc1. The summed E-state index contributed by atoms with van der Waals surface area (Å²) < 4.78 is 32.7. The minimum absolute atomic E-state index is 0.217. The highest BCUT2D eigenvalue weighted by molar-refractivity contribution is 7.90. The first kappa shape index (κ1) is 17.2. The zero-order valence-electron chi connectivity index (χ0n) is 14.6. The largest absolute Gasteiger partial charge is 0.497 e. The Morgan fingerprint density at radius 2 is 1.96 bits per heavy atom. The van der Waals surface area contributed by atoms with E-state index >= 15 is 0 Å². The third-order valence-electron chi connectivity index (χ3n) is 4.10. The van der Waals surface area contributed by atoms with Crippen LogP contribution in [0.4, 0.5) is 0 Å². The van der Waals surface area contributed by atoms with Crippen molar-refractivity contribution in [2.75, 3.05) is 7.11 Å². The minimum Gasteiger partial charge on any atom is -0.497 e. The molecule has 0 bridgehead atoms. The second kappa shape index (κ2) is 6.47. The van der Waals surface area contributed by atoms with Gasteiger partial charge in [-0.15, -0.1) is 0 Å². The normalized spacial score (nSPS) is 11.8. The smallest absolute Gasteiger partial charge is 0.250 e. The topological polar surface area (TPSA) is 116 Å². The van der Waals surface area contributed by atoms with Gasteiger partial charge in [-0.3, -0.25) is 5.10 Å². The van der Waals surface area contributed by atoms with Gasteiger partial charge in [0.05, 0.1) is 25.4 Å². The molecule has 4 aromatic rings. The van der Waals surface area contributed by atoms with Gasteiger partial charge in [-0.1, -0.05) is 12.1 Å². The Balaban J connectivity index is 1.81. The van der Waals surface area contributed by atoms with Gasteiger partial charge in [0.1, 0.15) is 17.0 Å². The molecule has 0 unspecified atom stereocenters. The van der Waals surface area contributed by atoms with Crippen molar-refractivity contribution in [1.82, 2.24) is 29.7 Å². The average molecular weight is 384 g/mol. The van der Waals surface area contributed by atoms with E-state index in [1.165, 1.54) is 0 Å². The highest BCUT2D eigenvalue weighted by Crippen LogP contribution is 2.26. The van der Waals surface area contributed by atoms with Crippen molar-refractivity contribution < 1.29 is 13.2 Å². The second-order valence-corrected chi connectivity index (χ2v) is 7.86. The van der Waals surface area contributed by atoms with Crippen molar-refractivity contribution in [3.05, 3.63) is 48.5 Å². The van der Waals surface area contributed by atoms with E-state index in [2.05, 4.69) is 25.1 Å². The van der Waals surface area contributed by atoms with Crippen LogP contribution in [0.3, 0.4) is 0 Å². The van der Waals surface area contributed by atoms with Crippen LogP contribution in [0.2, 0.25) is 0 Å². The molecule has 138 valence electrons. The first-order chi connectivity index (χ1) is 13.0. The number of imidazole rings is 1. The summed E-state index contributed by atoms with van der Waals surface area (Å²) in [4.78, 5) is 12.8. The van der Waals surface area contributed by atoms with Gasteiger partial charge in [-0.05, 0) is 17.7 Å². The molecule has 0 amide bonds. The lowest BCUT2D eigenvalue weighted by atomic mass is 10.2. The number of fused-ring (bicyclic) bond motifs is 1. The van der Waals surface area contributed by atoms with Gasteiger partial charge < -0.3 is 9.30 Å². The number of methoxy groups -OCH3 is 1. The average Bonchev–Trinajstić information content (AvgIpc) is 3.32. The number of rotatable bonds is 5. The lowest BCUT2D eigenvalue weighted by Crippen LogP contribution is -2.11. The Labute approximate surface area is 155 Å². The number of aromatic amines is 1. The van der Waals surface area contributed by atoms with E-state index in [9.17, 15) is 8.42 Å². The number of aromatic nitrogens is 6. The molecule has 0 atom stereocenters. The molecule has 0 radical (unpaired) electrons. The highest BCUT2D eigenvalue weighted by atomic mass is 32.2. The van der Waals surface area contributed by atoms with E-state index in [0.717, 1.165) is 0 Å². The van der Waals surface area contributed by atoms with Crippen molar-refractivity contribution in [1.29, 1.82) is 0 Å². The Hall–Kier alpha value is -3.27. The summed E-state index contributed by atoms with van der Waals surface area (Å²) in [5.41, 5.74) is 2.64. The lowest BCUT2D eigenvalue weighted by molar-refractivity contribution is 0.414. The standard InChI is InChI=1S/C17H16N6O3S/c1-23-10-18-15-14(12-7-19-20-8-12)21-17(22-16(15)23)27(24,25)9-11-3-5-13(26-2)6-4-11/h3-8,10H,9H2,1-2H3,(H,19,20). The van der Waals surface area contributed by atoms with Gasteiger partial charge in [0.15, 0.2) is 5.65 Å². The van der Waals surface area contributed by atoms with Crippen LogP contribution in [-0.2, 0) is 22.6 Å². The Morgan fingerprint density at radius 3 is 2.63 bits per heavy atom. The summed E-state index contributed by atoms with van der Waals surface area (Å²) in [6, 6.07) is 6.84. The van der Waals surface area contributed by atoms with Crippen LogP contribution in [0.15, 0.2) is 48.1 Å². The maximum atomic E-state index is 12.9. The molecule has 0 spiro atoms. The fourth-order valence-corrected chi connectivity index (χ4v) is 3.93. The summed E-state index contributed by atoms with van der Waals surface area (Å²) in [5, 5.41) is 6.36. The molecule has 1 N–H and O–H groups in total. The second-order valence-electron chi connectivity index (χ2n) is 5.98. The molecule has 1 aromatic carbocycles. The number of sulfone groups is 1. The first-order valence-corrected chi connectivity index (χ1v) is 9.67. The van der Waals surface area contributed by atoms with E-state index in [1.807, 2.05) is 0 Å². The fraction of sp³-hybridized carbons (Fsp3) is 0.176. The molecule has 0 aliphatic heterocycles. The van der Waals surface area contributed by atoms with E-state index in [0.29, 0.717) is 33.7 Å². The van der Waals surface area contributed by atoms with Crippen molar-refractivity contribution in [3.8, 4) is 17.0 Å². The van der Waals surface area contributed by atoms with Gasteiger partial charge in [0, 0.05) is 18.8 Å². The summed E-state index contributed by atoms with van der Waals surface area (Å²) >= 11 is 0. The molecule has 9 nitrogen and oxygen atoms in total. The van der Waals surface area contributed by atoms with Crippen LogP contribution in [0.25, 0.3) is 22.4 Å². The van der Waals surface area contributed by atoms with Crippen molar-refractivity contribution in [2.45, 2.75) is 10.9 Å². The molecule has 0 saturated carbocycles. The Kier molecular flexibility index (Phi) is 4.11. The fourth-order valence-electron chi connectivity index (χ4n) is 2.71. The maximum absolute atomic E-state index is 12.9. The number of nitrogens with one attached hydrogen (secondary N) is 1. The van der Waals surface area contributed by atoms with Crippen molar-refractivity contribution in [2.24, 2.45) is 7.05 Å². The zero-order chi connectivity index (χ0) is 19.0.